The van der Waals surface area contributed by atoms with Gasteiger partial charge in [0.15, 0.2) is 0 Å². The Morgan fingerprint density at radius 2 is 1.97 bits per heavy atom. The fourth-order valence-electron chi connectivity index (χ4n) is 3.85. The van der Waals surface area contributed by atoms with Crippen molar-refractivity contribution in [2.24, 2.45) is 5.73 Å². The van der Waals surface area contributed by atoms with Crippen molar-refractivity contribution in [3.63, 3.8) is 0 Å². The number of amides is 3. The van der Waals surface area contributed by atoms with Gasteiger partial charge in [0.05, 0.1) is 6.54 Å². The number of carbonyl (C=O) groups is 2. The maximum atomic E-state index is 12.7. The quantitative estimate of drug-likeness (QED) is 0.462. The van der Waals surface area contributed by atoms with E-state index in [4.69, 9.17) is 28.9 Å². The summed E-state index contributed by atoms with van der Waals surface area (Å²) in [5.74, 6) is -0.177. The molecule has 2 aromatic carbocycles. The van der Waals surface area contributed by atoms with Crippen molar-refractivity contribution in [3.05, 3.63) is 63.3 Å². The van der Waals surface area contributed by atoms with Crippen molar-refractivity contribution in [2.75, 3.05) is 18.4 Å². The maximum absolute atomic E-state index is 12.7. The number of hydrogen-bond donors (Lipinski definition) is 4. The molecule has 0 atom stereocenters. The number of nitrogens with one attached hydrogen (secondary N) is 3. The van der Waals surface area contributed by atoms with Gasteiger partial charge in [-0.1, -0.05) is 23.2 Å². The van der Waals surface area contributed by atoms with Crippen LogP contribution in [0.1, 0.15) is 23.2 Å². The van der Waals surface area contributed by atoms with E-state index >= 15 is 0 Å². The molecule has 1 aliphatic rings. The summed E-state index contributed by atoms with van der Waals surface area (Å²) in [5, 5.41) is 8.00. The number of urea groups is 1. The Kier molecular flexibility index (Phi) is 6.36. The summed E-state index contributed by atoms with van der Waals surface area (Å²) >= 11 is 12.3. The molecule has 0 spiro atoms. The predicted molar refractivity (Wildman–Crippen MR) is 123 cm³/mol. The van der Waals surface area contributed by atoms with Crippen LogP contribution in [-0.4, -0.2) is 34.9 Å². The Bertz CT molecular complexity index is 1140. The van der Waals surface area contributed by atoms with Gasteiger partial charge in [-0.25, -0.2) is 4.79 Å². The van der Waals surface area contributed by atoms with Crippen molar-refractivity contribution in [2.45, 2.75) is 25.9 Å². The molecule has 5 N–H and O–H groups in total. The molecule has 9 heteroatoms. The van der Waals surface area contributed by atoms with Crippen LogP contribution >= 0.6 is 23.2 Å². The highest BCUT2D eigenvalue weighted by atomic mass is 35.5. The third-order valence-corrected chi connectivity index (χ3v) is 5.73. The number of fused-ring (bicyclic) bond motifs is 3. The number of nitrogens with two attached hydrogens (primary N) is 1. The van der Waals surface area contributed by atoms with Crippen LogP contribution in [0.5, 0.6) is 0 Å². The highest BCUT2D eigenvalue weighted by molar-refractivity contribution is 6.31. The van der Waals surface area contributed by atoms with Gasteiger partial charge in [-0.15, -0.1) is 0 Å². The third kappa shape index (κ3) is 4.95. The number of halogens is 2. The molecule has 4 rings (SSSR count). The first-order valence-electron chi connectivity index (χ1n) is 10.0. The van der Waals surface area contributed by atoms with Gasteiger partial charge in [0.25, 0.3) is 0 Å². The maximum Gasteiger partial charge on any atom is 0.318 e. The van der Waals surface area contributed by atoms with E-state index in [1.165, 1.54) is 5.56 Å². The Morgan fingerprint density at radius 1 is 1.13 bits per heavy atom. The molecule has 2 heterocycles. The van der Waals surface area contributed by atoms with Crippen molar-refractivity contribution in [1.29, 1.82) is 0 Å². The second kappa shape index (κ2) is 9.18. The van der Waals surface area contributed by atoms with Gasteiger partial charge in [-0.05, 0) is 53.9 Å². The molecule has 0 saturated heterocycles. The zero-order chi connectivity index (χ0) is 22.0. The zero-order valence-electron chi connectivity index (χ0n) is 16.8. The summed E-state index contributed by atoms with van der Waals surface area (Å²) in [6, 6.07) is 10.8. The molecular formula is C22H23Cl2N5O2. The van der Waals surface area contributed by atoms with Gasteiger partial charge in [-0.2, -0.15) is 0 Å². The van der Waals surface area contributed by atoms with Gasteiger partial charge >= 0.3 is 6.03 Å². The Labute approximate surface area is 189 Å². The molecule has 0 unspecified atom stereocenters. The molecule has 0 radical (unpaired) electrons. The van der Waals surface area contributed by atoms with Crippen LogP contribution < -0.4 is 16.4 Å². The van der Waals surface area contributed by atoms with E-state index in [2.05, 4.69) is 15.6 Å². The number of rotatable bonds is 5. The lowest BCUT2D eigenvalue weighted by atomic mass is 10.0. The van der Waals surface area contributed by atoms with Crippen molar-refractivity contribution < 1.29 is 9.59 Å². The van der Waals surface area contributed by atoms with E-state index in [0.717, 1.165) is 28.6 Å². The normalized spacial score (nSPS) is 13.2. The lowest BCUT2D eigenvalue weighted by Gasteiger charge is -2.27. The number of nitrogens with zero attached hydrogens (tertiary/aromatic N) is 1. The first kappa shape index (κ1) is 21.5. The molecule has 0 saturated carbocycles. The largest absolute Gasteiger partial charge is 0.357 e. The number of aromatic amines is 1. The fraction of sp³-hybridized carbons (Fsp3) is 0.273. The average Bonchev–Trinajstić information content (AvgIpc) is 3.08. The standard InChI is InChI=1S/C22H23Cl2N5O2/c23-14-1-2-19-18(10-14)17-4-6-29(12-20(17)28-19)22(31)26-11-13-7-15(24)9-16(8-13)27-21(30)3-5-25/h1-2,7-10,28H,3-6,11-12,25H2,(H,26,31)(H,27,30). The van der Waals surface area contributed by atoms with Crippen LogP contribution in [0.3, 0.4) is 0 Å². The highest BCUT2D eigenvalue weighted by Gasteiger charge is 2.24. The number of H-pyrrole nitrogens is 1. The molecule has 31 heavy (non-hydrogen) atoms. The average molecular weight is 460 g/mol. The smallest absolute Gasteiger partial charge is 0.318 e. The van der Waals surface area contributed by atoms with Crippen LogP contribution in [0.2, 0.25) is 10.0 Å². The molecule has 1 aliphatic heterocycles. The summed E-state index contributed by atoms with van der Waals surface area (Å²) in [6.45, 7) is 1.69. The Balaban J connectivity index is 1.40. The fourth-order valence-corrected chi connectivity index (χ4v) is 4.28. The van der Waals surface area contributed by atoms with Crippen LogP contribution in [-0.2, 0) is 24.3 Å². The lowest BCUT2D eigenvalue weighted by Crippen LogP contribution is -2.42. The minimum Gasteiger partial charge on any atom is -0.357 e. The zero-order valence-corrected chi connectivity index (χ0v) is 18.3. The summed E-state index contributed by atoms with van der Waals surface area (Å²) < 4.78 is 0. The molecule has 3 amide bonds. The first-order chi connectivity index (χ1) is 14.9. The third-order valence-electron chi connectivity index (χ3n) is 5.28. The van der Waals surface area contributed by atoms with E-state index in [-0.39, 0.29) is 24.9 Å². The van der Waals surface area contributed by atoms with Gasteiger partial charge in [-0.3, -0.25) is 4.79 Å². The summed E-state index contributed by atoms with van der Waals surface area (Å²) in [5.41, 5.74) is 10.1. The van der Waals surface area contributed by atoms with Crippen molar-refractivity contribution >= 4 is 51.7 Å². The molecule has 0 bridgehead atoms. The van der Waals surface area contributed by atoms with E-state index in [1.54, 1.807) is 23.1 Å². The van der Waals surface area contributed by atoms with E-state index in [0.29, 0.717) is 35.4 Å². The van der Waals surface area contributed by atoms with E-state index in [9.17, 15) is 9.59 Å². The highest BCUT2D eigenvalue weighted by Crippen LogP contribution is 2.29. The Hall–Kier alpha value is -2.74. The number of carbonyl (C=O) groups excluding carboxylic acids is 2. The van der Waals surface area contributed by atoms with Crippen LogP contribution in [0, 0.1) is 0 Å². The Morgan fingerprint density at radius 3 is 2.77 bits per heavy atom. The summed E-state index contributed by atoms with van der Waals surface area (Å²) in [7, 11) is 0. The molecule has 1 aromatic heterocycles. The lowest BCUT2D eigenvalue weighted by molar-refractivity contribution is -0.116. The van der Waals surface area contributed by atoms with Gasteiger partial charge in [0.1, 0.15) is 0 Å². The second-order valence-electron chi connectivity index (χ2n) is 7.54. The molecule has 7 nitrogen and oxygen atoms in total. The molecule has 162 valence electrons. The minimum atomic E-state index is -0.177. The molecule has 0 aliphatic carbocycles. The predicted octanol–water partition coefficient (Wildman–Crippen LogP) is 4.03. The van der Waals surface area contributed by atoms with Crippen LogP contribution in [0.4, 0.5) is 10.5 Å². The van der Waals surface area contributed by atoms with E-state index in [1.807, 2.05) is 18.2 Å². The van der Waals surface area contributed by atoms with Gasteiger partial charge < -0.3 is 26.3 Å². The van der Waals surface area contributed by atoms with Crippen molar-refractivity contribution in [3.8, 4) is 0 Å². The monoisotopic (exact) mass is 459 g/mol. The van der Waals surface area contributed by atoms with Gasteiger partial charge in [0, 0.05) is 58.4 Å². The molecule has 3 aromatic rings. The van der Waals surface area contributed by atoms with Crippen LogP contribution in [0.25, 0.3) is 10.9 Å². The number of anilines is 1. The SMILES string of the molecule is NCCC(=O)Nc1cc(Cl)cc(CNC(=O)N2CCc3c([nH]c4ccc(Cl)cc34)C2)c1. The summed E-state index contributed by atoms with van der Waals surface area (Å²) in [4.78, 5) is 29.7. The molecule has 0 fully saturated rings. The number of aromatic nitrogens is 1. The first-order valence-corrected chi connectivity index (χ1v) is 10.8. The number of hydrogen-bond acceptors (Lipinski definition) is 3. The van der Waals surface area contributed by atoms with Gasteiger partial charge in [0.2, 0.25) is 5.91 Å². The summed E-state index contributed by atoms with van der Waals surface area (Å²) in [6.07, 6.45) is 0.993. The van der Waals surface area contributed by atoms with E-state index < -0.39 is 0 Å². The topological polar surface area (TPSA) is 103 Å². The molecular weight excluding hydrogens is 437 g/mol. The van der Waals surface area contributed by atoms with Crippen molar-refractivity contribution in [1.82, 2.24) is 15.2 Å². The second-order valence-corrected chi connectivity index (χ2v) is 8.41. The minimum absolute atomic E-state index is 0.156. The number of benzene rings is 2. The van der Waals surface area contributed by atoms with Crippen LogP contribution in [0.15, 0.2) is 36.4 Å².